The Bertz CT molecular complexity index is 770. The van der Waals surface area contributed by atoms with Gasteiger partial charge in [0, 0.05) is 5.38 Å². The van der Waals surface area contributed by atoms with Gasteiger partial charge in [-0.25, -0.2) is 4.98 Å². The van der Waals surface area contributed by atoms with Crippen LogP contribution in [0.3, 0.4) is 0 Å². The van der Waals surface area contributed by atoms with E-state index in [-0.39, 0.29) is 24.9 Å². The second-order valence-electron chi connectivity index (χ2n) is 5.67. The molecule has 1 amide bonds. The first kappa shape index (κ1) is 18.9. The Hall–Kier alpha value is -2.41. The number of hydrogen-bond donors (Lipinski definition) is 1. The van der Waals surface area contributed by atoms with Crippen molar-refractivity contribution in [1.29, 1.82) is 0 Å². The molecule has 2 rings (SSSR count). The van der Waals surface area contributed by atoms with E-state index >= 15 is 0 Å². The normalized spacial score (nSPS) is 10.4. The summed E-state index contributed by atoms with van der Waals surface area (Å²) in [6, 6.07) is 3.99. The number of carbonyl (C=O) groups excluding carboxylic acids is 2. The summed E-state index contributed by atoms with van der Waals surface area (Å²) in [5, 5.41) is 4.84. The maximum absolute atomic E-state index is 12.0. The number of esters is 1. The fourth-order valence-electron chi connectivity index (χ4n) is 2.25. The van der Waals surface area contributed by atoms with Crippen LogP contribution < -0.4 is 10.1 Å². The molecule has 0 radical (unpaired) electrons. The van der Waals surface area contributed by atoms with E-state index in [1.807, 2.05) is 26.8 Å². The average molecular weight is 362 g/mol. The van der Waals surface area contributed by atoms with Gasteiger partial charge in [-0.2, -0.15) is 0 Å². The number of ether oxygens (including phenoxy) is 2. The summed E-state index contributed by atoms with van der Waals surface area (Å²) < 4.78 is 10.5. The second-order valence-corrected chi connectivity index (χ2v) is 6.53. The van der Waals surface area contributed by atoms with Gasteiger partial charge in [0.15, 0.2) is 11.7 Å². The Morgan fingerprint density at radius 3 is 2.72 bits per heavy atom. The molecular formula is C18H22N2O4S. The van der Waals surface area contributed by atoms with Crippen molar-refractivity contribution in [1.82, 2.24) is 4.98 Å². The molecule has 1 heterocycles. The summed E-state index contributed by atoms with van der Waals surface area (Å²) in [6.07, 6.45) is 0.0957. The zero-order valence-corrected chi connectivity index (χ0v) is 15.7. The smallest absolute Gasteiger partial charge is 0.311 e. The quantitative estimate of drug-likeness (QED) is 0.766. The standard InChI is InChI=1S/C18H22N2O4S/c1-5-23-17(22)8-14-10-25-18(19-14)20-16(21)9-24-15-7-11(2)6-12(3)13(15)4/h6-7,10H,5,8-9H2,1-4H3,(H,19,20,21). The van der Waals surface area contributed by atoms with Gasteiger partial charge in [0.25, 0.3) is 5.91 Å². The van der Waals surface area contributed by atoms with Crippen LogP contribution in [0.25, 0.3) is 0 Å². The zero-order valence-electron chi connectivity index (χ0n) is 14.8. The summed E-state index contributed by atoms with van der Waals surface area (Å²) in [7, 11) is 0. The Labute approximate surface area is 151 Å². The predicted molar refractivity (Wildman–Crippen MR) is 97.2 cm³/mol. The monoisotopic (exact) mass is 362 g/mol. The largest absolute Gasteiger partial charge is 0.483 e. The van der Waals surface area contributed by atoms with Crippen LogP contribution >= 0.6 is 11.3 Å². The first-order valence-electron chi connectivity index (χ1n) is 7.99. The number of amides is 1. The molecule has 0 fully saturated rings. The summed E-state index contributed by atoms with van der Waals surface area (Å²) >= 11 is 1.26. The van der Waals surface area contributed by atoms with Crippen LogP contribution in [0, 0.1) is 20.8 Å². The molecule has 6 nitrogen and oxygen atoms in total. The number of aromatic nitrogens is 1. The third-order valence-electron chi connectivity index (χ3n) is 3.55. The number of thiazole rings is 1. The van der Waals surface area contributed by atoms with Gasteiger partial charge in [0.2, 0.25) is 0 Å². The minimum atomic E-state index is -0.334. The molecule has 0 atom stereocenters. The second kappa shape index (κ2) is 8.62. The lowest BCUT2D eigenvalue weighted by Gasteiger charge is -2.11. The number of carbonyl (C=O) groups is 2. The fourth-order valence-corrected chi connectivity index (χ4v) is 2.98. The molecule has 2 aromatic rings. The molecule has 0 aliphatic heterocycles. The van der Waals surface area contributed by atoms with Crippen LogP contribution in [0.1, 0.15) is 29.3 Å². The van der Waals surface area contributed by atoms with Crippen LogP contribution in [0.4, 0.5) is 5.13 Å². The van der Waals surface area contributed by atoms with Crippen LogP contribution in [0.15, 0.2) is 17.5 Å². The van der Waals surface area contributed by atoms with Gasteiger partial charge in [0.05, 0.1) is 18.7 Å². The third kappa shape index (κ3) is 5.56. The van der Waals surface area contributed by atoms with E-state index in [2.05, 4.69) is 16.4 Å². The lowest BCUT2D eigenvalue weighted by molar-refractivity contribution is -0.142. The average Bonchev–Trinajstić information content (AvgIpc) is 2.96. The minimum Gasteiger partial charge on any atom is -0.483 e. The van der Waals surface area contributed by atoms with Crippen molar-refractivity contribution in [2.24, 2.45) is 0 Å². The highest BCUT2D eigenvalue weighted by Crippen LogP contribution is 2.23. The molecule has 1 aromatic carbocycles. The van der Waals surface area contributed by atoms with Gasteiger partial charge in [0.1, 0.15) is 5.75 Å². The van der Waals surface area contributed by atoms with Crippen molar-refractivity contribution >= 4 is 28.3 Å². The molecule has 0 spiro atoms. The number of aryl methyl sites for hydroxylation is 2. The molecule has 0 bridgehead atoms. The van der Waals surface area contributed by atoms with E-state index in [0.717, 1.165) is 16.7 Å². The summed E-state index contributed by atoms with van der Waals surface area (Å²) in [4.78, 5) is 27.7. The molecule has 0 aliphatic rings. The minimum absolute atomic E-state index is 0.0957. The van der Waals surface area contributed by atoms with Crippen LogP contribution in [0.2, 0.25) is 0 Å². The molecule has 0 unspecified atom stereocenters. The number of benzene rings is 1. The fraction of sp³-hybridized carbons (Fsp3) is 0.389. The van der Waals surface area contributed by atoms with Crippen molar-refractivity contribution in [3.63, 3.8) is 0 Å². The maximum Gasteiger partial charge on any atom is 0.311 e. The Balaban J connectivity index is 1.89. The molecule has 25 heavy (non-hydrogen) atoms. The number of rotatable bonds is 7. The Morgan fingerprint density at radius 2 is 2.00 bits per heavy atom. The van der Waals surface area contributed by atoms with Crippen LogP contribution in [-0.2, 0) is 20.7 Å². The van der Waals surface area contributed by atoms with Crippen molar-refractivity contribution in [3.8, 4) is 5.75 Å². The number of nitrogens with one attached hydrogen (secondary N) is 1. The molecule has 0 saturated heterocycles. The van der Waals surface area contributed by atoms with Gasteiger partial charge in [-0.05, 0) is 50.5 Å². The lowest BCUT2D eigenvalue weighted by Crippen LogP contribution is -2.20. The maximum atomic E-state index is 12.0. The van der Waals surface area contributed by atoms with Gasteiger partial charge < -0.3 is 9.47 Å². The topological polar surface area (TPSA) is 77.5 Å². The first-order chi connectivity index (χ1) is 11.9. The van der Waals surface area contributed by atoms with Gasteiger partial charge in [-0.3, -0.25) is 14.9 Å². The highest BCUT2D eigenvalue weighted by molar-refractivity contribution is 7.13. The van der Waals surface area contributed by atoms with E-state index < -0.39 is 0 Å². The van der Waals surface area contributed by atoms with Crippen molar-refractivity contribution in [3.05, 3.63) is 39.9 Å². The lowest BCUT2D eigenvalue weighted by atomic mass is 10.1. The Kier molecular flexibility index (Phi) is 6.52. The van der Waals surface area contributed by atoms with E-state index in [4.69, 9.17) is 9.47 Å². The first-order valence-corrected chi connectivity index (χ1v) is 8.87. The SMILES string of the molecule is CCOC(=O)Cc1csc(NC(=O)COc2cc(C)cc(C)c2C)n1. The summed E-state index contributed by atoms with van der Waals surface area (Å²) in [5.74, 6) is 0.0738. The van der Waals surface area contributed by atoms with Crippen molar-refractivity contribution < 1.29 is 19.1 Å². The molecule has 0 aliphatic carbocycles. The highest BCUT2D eigenvalue weighted by Gasteiger charge is 2.12. The van der Waals surface area contributed by atoms with Gasteiger partial charge in [-0.15, -0.1) is 11.3 Å². The molecular weight excluding hydrogens is 340 g/mol. The van der Waals surface area contributed by atoms with E-state index in [1.165, 1.54) is 11.3 Å². The molecule has 7 heteroatoms. The summed E-state index contributed by atoms with van der Waals surface area (Å²) in [6.45, 7) is 7.95. The number of anilines is 1. The molecule has 1 N–H and O–H groups in total. The van der Waals surface area contributed by atoms with Gasteiger partial charge in [-0.1, -0.05) is 6.07 Å². The van der Waals surface area contributed by atoms with Crippen LogP contribution in [-0.4, -0.2) is 30.1 Å². The van der Waals surface area contributed by atoms with Crippen LogP contribution in [0.5, 0.6) is 5.75 Å². The number of hydrogen-bond acceptors (Lipinski definition) is 6. The van der Waals surface area contributed by atoms with Crippen molar-refractivity contribution in [2.75, 3.05) is 18.5 Å². The zero-order chi connectivity index (χ0) is 18.4. The molecule has 1 aromatic heterocycles. The summed E-state index contributed by atoms with van der Waals surface area (Å²) in [5.41, 5.74) is 3.80. The van der Waals surface area contributed by atoms with E-state index in [1.54, 1.807) is 12.3 Å². The van der Waals surface area contributed by atoms with E-state index in [0.29, 0.717) is 23.2 Å². The van der Waals surface area contributed by atoms with Gasteiger partial charge >= 0.3 is 5.97 Å². The van der Waals surface area contributed by atoms with Crippen molar-refractivity contribution in [2.45, 2.75) is 34.1 Å². The third-order valence-corrected chi connectivity index (χ3v) is 4.36. The number of nitrogens with zero attached hydrogens (tertiary/aromatic N) is 1. The predicted octanol–water partition coefficient (Wildman–Crippen LogP) is 3.19. The Morgan fingerprint density at radius 1 is 1.24 bits per heavy atom. The highest BCUT2D eigenvalue weighted by atomic mass is 32.1. The molecule has 134 valence electrons. The van der Waals surface area contributed by atoms with E-state index in [9.17, 15) is 9.59 Å². The molecule has 0 saturated carbocycles.